The van der Waals surface area contributed by atoms with E-state index < -0.39 is 0 Å². The van der Waals surface area contributed by atoms with E-state index in [0.29, 0.717) is 19.7 Å². The first-order chi connectivity index (χ1) is 11.2. The van der Waals surface area contributed by atoms with Crippen LogP contribution in [0.3, 0.4) is 0 Å². The Morgan fingerprint density at radius 2 is 2.22 bits per heavy atom. The molecule has 0 radical (unpaired) electrons. The van der Waals surface area contributed by atoms with Crippen molar-refractivity contribution in [2.45, 2.75) is 24.7 Å². The van der Waals surface area contributed by atoms with Crippen LogP contribution in [0.5, 0.6) is 0 Å². The fraction of sp³-hybridized carbons (Fsp3) is 0.412. The summed E-state index contributed by atoms with van der Waals surface area (Å²) in [5.74, 6) is 0. The third-order valence-corrected chi connectivity index (χ3v) is 4.67. The Hall–Kier alpha value is -2.34. The van der Waals surface area contributed by atoms with Gasteiger partial charge in [-0.2, -0.15) is 5.10 Å². The number of carbonyl (C=O) groups is 1. The number of aryl methyl sites for hydroxylation is 1. The number of piperidine rings is 1. The maximum Gasteiger partial charge on any atom is 0.410 e. The second kappa shape index (κ2) is 5.38. The molecule has 2 aromatic rings. The van der Waals surface area contributed by atoms with Crippen molar-refractivity contribution in [3.05, 3.63) is 53.9 Å². The van der Waals surface area contributed by atoms with Gasteiger partial charge in [-0.1, -0.05) is 30.3 Å². The molecule has 2 fully saturated rings. The highest BCUT2D eigenvalue weighted by Gasteiger charge is 2.62. The Balaban J connectivity index is 1.35. The second-order valence-corrected chi connectivity index (χ2v) is 6.07. The lowest BCUT2D eigenvalue weighted by atomic mass is 9.93. The molecule has 2 aliphatic heterocycles. The van der Waals surface area contributed by atoms with E-state index in [2.05, 4.69) is 5.10 Å². The van der Waals surface area contributed by atoms with Crippen molar-refractivity contribution in [2.24, 2.45) is 7.05 Å². The summed E-state index contributed by atoms with van der Waals surface area (Å²) >= 11 is 0. The molecular formula is C17H19N3O3. The van der Waals surface area contributed by atoms with Crippen LogP contribution in [0.2, 0.25) is 0 Å². The highest BCUT2D eigenvalue weighted by Crippen LogP contribution is 2.51. The van der Waals surface area contributed by atoms with Crippen molar-refractivity contribution in [3.63, 3.8) is 0 Å². The van der Waals surface area contributed by atoms with Crippen molar-refractivity contribution >= 4 is 6.09 Å². The Kier molecular flexibility index (Phi) is 3.34. The van der Waals surface area contributed by atoms with E-state index in [4.69, 9.17) is 9.47 Å². The quantitative estimate of drug-likeness (QED) is 0.814. The maximum atomic E-state index is 12.2. The maximum absolute atomic E-state index is 12.2. The Morgan fingerprint density at radius 3 is 2.91 bits per heavy atom. The molecule has 4 rings (SSSR count). The van der Waals surface area contributed by atoms with E-state index in [0.717, 1.165) is 17.7 Å². The van der Waals surface area contributed by atoms with E-state index in [1.807, 2.05) is 48.1 Å². The standard InChI is InChI=1S/C17H19N3O3/c1-19-14(7-9-18-19)17-8-10-20(11-15(17)23-17)16(21)22-12-13-5-3-2-4-6-13/h2-7,9,15H,8,10-12H2,1H3. The summed E-state index contributed by atoms with van der Waals surface area (Å²) in [6.07, 6.45) is 2.32. The molecule has 2 aliphatic rings. The number of carbonyl (C=O) groups excluding carboxylic acids is 1. The fourth-order valence-electron chi connectivity index (χ4n) is 3.34. The number of nitrogens with zero attached hydrogens (tertiary/aromatic N) is 3. The van der Waals surface area contributed by atoms with E-state index in [1.165, 1.54) is 0 Å². The summed E-state index contributed by atoms with van der Waals surface area (Å²) in [6.45, 7) is 1.50. The minimum Gasteiger partial charge on any atom is -0.445 e. The highest BCUT2D eigenvalue weighted by atomic mass is 16.6. The molecule has 0 N–H and O–H groups in total. The first kappa shape index (κ1) is 14.3. The van der Waals surface area contributed by atoms with Gasteiger partial charge in [-0.05, 0) is 11.6 Å². The van der Waals surface area contributed by atoms with Crippen molar-refractivity contribution in [1.29, 1.82) is 0 Å². The lowest BCUT2D eigenvalue weighted by Gasteiger charge is -2.27. The summed E-state index contributed by atoms with van der Waals surface area (Å²) in [5, 5.41) is 4.21. The van der Waals surface area contributed by atoms with Crippen molar-refractivity contribution < 1.29 is 14.3 Å². The van der Waals surface area contributed by atoms with Crippen molar-refractivity contribution in [1.82, 2.24) is 14.7 Å². The van der Waals surface area contributed by atoms with Gasteiger partial charge in [-0.3, -0.25) is 4.68 Å². The fourth-order valence-corrected chi connectivity index (χ4v) is 3.34. The zero-order chi connectivity index (χ0) is 15.9. The van der Waals surface area contributed by atoms with Gasteiger partial charge in [0.25, 0.3) is 0 Å². The second-order valence-electron chi connectivity index (χ2n) is 6.07. The summed E-state index contributed by atoms with van der Waals surface area (Å²) in [5.41, 5.74) is 1.81. The number of likely N-dealkylation sites (tertiary alicyclic amines) is 1. The zero-order valence-corrected chi connectivity index (χ0v) is 13.0. The first-order valence-corrected chi connectivity index (χ1v) is 7.81. The van der Waals surface area contributed by atoms with Gasteiger partial charge in [0.05, 0.1) is 12.2 Å². The molecule has 3 heterocycles. The Bertz CT molecular complexity index is 715. The predicted molar refractivity (Wildman–Crippen MR) is 82.6 cm³/mol. The number of benzene rings is 1. The molecule has 2 saturated heterocycles. The lowest BCUT2D eigenvalue weighted by Crippen LogP contribution is -2.42. The lowest BCUT2D eigenvalue weighted by molar-refractivity contribution is 0.0893. The predicted octanol–water partition coefficient (Wildman–Crippen LogP) is 2.06. The number of amides is 1. The average Bonchev–Trinajstić information content (AvgIpc) is 3.16. The van der Waals surface area contributed by atoms with Crippen LogP contribution in [0.4, 0.5) is 4.79 Å². The molecule has 1 aromatic heterocycles. The number of aromatic nitrogens is 2. The normalized spacial score (nSPS) is 25.8. The third kappa shape index (κ3) is 2.49. The zero-order valence-electron chi connectivity index (χ0n) is 13.0. The molecule has 120 valence electrons. The first-order valence-electron chi connectivity index (χ1n) is 7.81. The molecule has 23 heavy (non-hydrogen) atoms. The summed E-state index contributed by atoms with van der Waals surface area (Å²) < 4.78 is 13.2. The van der Waals surface area contributed by atoms with Gasteiger partial charge >= 0.3 is 6.09 Å². The molecule has 0 saturated carbocycles. The minimum atomic E-state index is -0.275. The van der Waals surface area contributed by atoms with Crippen LogP contribution >= 0.6 is 0 Å². The monoisotopic (exact) mass is 313 g/mol. The largest absolute Gasteiger partial charge is 0.445 e. The average molecular weight is 313 g/mol. The third-order valence-electron chi connectivity index (χ3n) is 4.67. The smallest absolute Gasteiger partial charge is 0.410 e. The van der Waals surface area contributed by atoms with Crippen molar-refractivity contribution in [2.75, 3.05) is 13.1 Å². The van der Waals surface area contributed by atoms with Gasteiger partial charge in [0, 0.05) is 26.2 Å². The molecule has 0 spiro atoms. The molecule has 2 atom stereocenters. The van der Waals surface area contributed by atoms with Crippen LogP contribution in [0, 0.1) is 0 Å². The van der Waals surface area contributed by atoms with E-state index >= 15 is 0 Å². The molecule has 6 heteroatoms. The van der Waals surface area contributed by atoms with Crippen LogP contribution in [0.15, 0.2) is 42.6 Å². The summed E-state index contributed by atoms with van der Waals surface area (Å²) in [7, 11) is 1.92. The van der Waals surface area contributed by atoms with Gasteiger partial charge in [-0.15, -0.1) is 0 Å². The van der Waals surface area contributed by atoms with Gasteiger partial charge in [0.2, 0.25) is 0 Å². The van der Waals surface area contributed by atoms with E-state index in [-0.39, 0.29) is 17.8 Å². The summed E-state index contributed by atoms with van der Waals surface area (Å²) in [4.78, 5) is 14.0. The van der Waals surface area contributed by atoms with Crippen LogP contribution in [-0.2, 0) is 28.7 Å². The molecule has 6 nitrogen and oxygen atoms in total. The van der Waals surface area contributed by atoms with Gasteiger partial charge in [0.15, 0.2) is 0 Å². The number of fused-ring (bicyclic) bond motifs is 1. The number of hydrogen-bond acceptors (Lipinski definition) is 4. The number of epoxide rings is 1. The van der Waals surface area contributed by atoms with Gasteiger partial charge in [-0.25, -0.2) is 4.79 Å². The molecule has 0 bridgehead atoms. The Morgan fingerprint density at radius 1 is 1.39 bits per heavy atom. The highest BCUT2D eigenvalue weighted by molar-refractivity contribution is 5.68. The van der Waals surface area contributed by atoms with Crippen molar-refractivity contribution in [3.8, 4) is 0 Å². The Labute approximate surface area is 134 Å². The number of ether oxygens (including phenoxy) is 2. The number of rotatable bonds is 3. The topological polar surface area (TPSA) is 59.9 Å². The van der Waals surface area contributed by atoms with Crippen LogP contribution < -0.4 is 0 Å². The molecular weight excluding hydrogens is 294 g/mol. The SMILES string of the molecule is Cn1nccc1C12CCN(C(=O)OCc3ccccc3)CC1O2. The summed E-state index contributed by atoms with van der Waals surface area (Å²) in [6, 6.07) is 11.7. The van der Waals surface area contributed by atoms with Crippen LogP contribution in [-0.4, -0.2) is 40.0 Å². The molecule has 1 amide bonds. The molecule has 2 unspecified atom stereocenters. The molecule has 1 aromatic carbocycles. The molecule has 0 aliphatic carbocycles. The van der Waals surface area contributed by atoms with E-state index in [9.17, 15) is 4.79 Å². The van der Waals surface area contributed by atoms with Gasteiger partial charge < -0.3 is 14.4 Å². The minimum absolute atomic E-state index is 0.0379. The van der Waals surface area contributed by atoms with Gasteiger partial charge in [0.1, 0.15) is 18.3 Å². The van der Waals surface area contributed by atoms with Crippen LogP contribution in [0.1, 0.15) is 17.7 Å². The van der Waals surface area contributed by atoms with E-state index in [1.54, 1.807) is 11.1 Å². The van der Waals surface area contributed by atoms with Crippen LogP contribution in [0.25, 0.3) is 0 Å². The number of hydrogen-bond donors (Lipinski definition) is 0.